The second-order valence-corrected chi connectivity index (χ2v) is 4.46. The molecule has 1 atom stereocenters. The Morgan fingerprint density at radius 3 is 2.68 bits per heavy atom. The van der Waals surface area contributed by atoms with Crippen molar-refractivity contribution in [3.63, 3.8) is 0 Å². The molecule has 0 aliphatic carbocycles. The fourth-order valence-electron chi connectivity index (χ4n) is 1.79. The van der Waals surface area contributed by atoms with E-state index in [0.29, 0.717) is 6.61 Å². The molecule has 1 aromatic carbocycles. The zero-order chi connectivity index (χ0) is 14.3. The van der Waals surface area contributed by atoms with Gasteiger partial charge in [0.2, 0.25) is 5.91 Å². The Morgan fingerprint density at radius 1 is 1.37 bits per heavy atom. The van der Waals surface area contributed by atoms with Crippen molar-refractivity contribution in [3.8, 4) is 5.75 Å². The van der Waals surface area contributed by atoms with E-state index in [0.717, 1.165) is 17.0 Å². The van der Waals surface area contributed by atoms with Gasteiger partial charge in [0.05, 0.1) is 20.3 Å². The predicted octanol–water partition coefficient (Wildman–Crippen LogP) is 1.57. The SMILES string of the molecule is COCC(C)NC(=O)CNc1ccc(OC)c(C)c1. The maximum Gasteiger partial charge on any atom is 0.239 e. The molecule has 1 aromatic rings. The summed E-state index contributed by atoms with van der Waals surface area (Å²) in [7, 11) is 3.25. The summed E-state index contributed by atoms with van der Waals surface area (Å²) in [6.07, 6.45) is 0. The average Bonchev–Trinajstić information content (AvgIpc) is 2.36. The van der Waals surface area contributed by atoms with Crippen LogP contribution in [0.1, 0.15) is 12.5 Å². The van der Waals surface area contributed by atoms with Gasteiger partial charge in [0.25, 0.3) is 0 Å². The Labute approximate surface area is 114 Å². The summed E-state index contributed by atoms with van der Waals surface area (Å²) >= 11 is 0. The lowest BCUT2D eigenvalue weighted by Crippen LogP contribution is -2.39. The highest BCUT2D eigenvalue weighted by molar-refractivity contribution is 5.81. The highest BCUT2D eigenvalue weighted by Gasteiger charge is 2.07. The van der Waals surface area contributed by atoms with Crippen molar-refractivity contribution in [3.05, 3.63) is 23.8 Å². The van der Waals surface area contributed by atoms with Gasteiger partial charge in [-0.2, -0.15) is 0 Å². The first-order chi connectivity index (χ1) is 9.06. The van der Waals surface area contributed by atoms with E-state index in [2.05, 4.69) is 10.6 Å². The van der Waals surface area contributed by atoms with Gasteiger partial charge in [-0.3, -0.25) is 4.79 Å². The summed E-state index contributed by atoms with van der Waals surface area (Å²) in [6.45, 7) is 4.61. The molecule has 2 N–H and O–H groups in total. The van der Waals surface area contributed by atoms with Crippen molar-refractivity contribution in [1.29, 1.82) is 0 Å². The zero-order valence-corrected chi connectivity index (χ0v) is 11.9. The van der Waals surface area contributed by atoms with Crippen LogP contribution in [-0.2, 0) is 9.53 Å². The van der Waals surface area contributed by atoms with E-state index in [9.17, 15) is 4.79 Å². The third kappa shape index (κ3) is 5.18. The zero-order valence-electron chi connectivity index (χ0n) is 11.9. The number of hydrogen-bond acceptors (Lipinski definition) is 4. The molecular weight excluding hydrogens is 244 g/mol. The molecule has 1 rings (SSSR count). The van der Waals surface area contributed by atoms with Crippen LogP contribution in [0, 0.1) is 6.92 Å². The largest absolute Gasteiger partial charge is 0.496 e. The van der Waals surface area contributed by atoms with E-state index in [-0.39, 0.29) is 18.5 Å². The first-order valence-corrected chi connectivity index (χ1v) is 6.23. The molecule has 106 valence electrons. The van der Waals surface area contributed by atoms with Crippen LogP contribution >= 0.6 is 0 Å². The summed E-state index contributed by atoms with van der Waals surface area (Å²) in [4.78, 5) is 11.7. The van der Waals surface area contributed by atoms with Crippen molar-refractivity contribution >= 4 is 11.6 Å². The Kier molecular flexibility index (Phi) is 6.15. The molecule has 0 saturated carbocycles. The smallest absolute Gasteiger partial charge is 0.239 e. The number of rotatable bonds is 7. The third-order valence-corrected chi connectivity index (χ3v) is 2.67. The van der Waals surface area contributed by atoms with Crippen molar-refractivity contribution in [1.82, 2.24) is 5.32 Å². The van der Waals surface area contributed by atoms with Crippen LogP contribution in [0.25, 0.3) is 0 Å². The number of methoxy groups -OCH3 is 2. The van der Waals surface area contributed by atoms with Gasteiger partial charge in [-0.25, -0.2) is 0 Å². The van der Waals surface area contributed by atoms with E-state index < -0.39 is 0 Å². The lowest BCUT2D eigenvalue weighted by atomic mass is 10.2. The number of nitrogens with one attached hydrogen (secondary N) is 2. The van der Waals surface area contributed by atoms with E-state index in [4.69, 9.17) is 9.47 Å². The number of hydrogen-bond donors (Lipinski definition) is 2. The van der Waals surface area contributed by atoms with Gasteiger partial charge in [-0.1, -0.05) is 0 Å². The molecule has 0 saturated heterocycles. The van der Waals surface area contributed by atoms with Crippen molar-refractivity contribution < 1.29 is 14.3 Å². The van der Waals surface area contributed by atoms with Crippen LogP contribution in [-0.4, -0.2) is 39.3 Å². The number of anilines is 1. The molecule has 1 unspecified atom stereocenters. The monoisotopic (exact) mass is 266 g/mol. The first kappa shape index (κ1) is 15.3. The fraction of sp³-hybridized carbons (Fsp3) is 0.500. The topological polar surface area (TPSA) is 59.6 Å². The summed E-state index contributed by atoms with van der Waals surface area (Å²) in [5, 5.41) is 5.91. The van der Waals surface area contributed by atoms with Crippen molar-refractivity contribution in [2.75, 3.05) is 32.7 Å². The molecule has 5 nitrogen and oxygen atoms in total. The van der Waals surface area contributed by atoms with E-state index >= 15 is 0 Å². The second-order valence-electron chi connectivity index (χ2n) is 4.46. The minimum absolute atomic E-state index is 0.0110. The lowest BCUT2D eigenvalue weighted by molar-refractivity contribution is -0.120. The minimum Gasteiger partial charge on any atom is -0.496 e. The van der Waals surface area contributed by atoms with Gasteiger partial charge in [0, 0.05) is 18.8 Å². The molecule has 19 heavy (non-hydrogen) atoms. The highest BCUT2D eigenvalue weighted by atomic mass is 16.5. The van der Waals surface area contributed by atoms with Crippen LogP contribution in [0.15, 0.2) is 18.2 Å². The summed E-state index contributed by atoms with van der Waals surface area (Å²) < 4.78 is 10.1. The molecule has 0 heterocycles. The van der Waals surface area contributed by atoms with E-state index in [1.165, 1.54) is 0 Å². The van der Waals surface area contributed by atoms with Crippen LogP contribution in [0.2, 0.25) is 0 Å². The summed E-state index contributed by atoms with van der Waals surface area (Å²) in [5.74, 6) is 0.779. The maximum absolute atomic E-state index is 11.7. The van der Waals surface area contributed by atoms with Crippen LogP contribution in [0.3, 0.4) is 0 Å². The van der Waals surface area contributed by atoms with Crippen molar-refractivity contribution in [2.24, 2.45) is 0 Å². The fourth-order valence-corrected chi connectivity index (χ4v) is 1.79. The van der Waals surface area contributed by atoms with Gasteiger partial charge in [0.1, 0.15) is 5.75 Å². The van der Waals surface area contributed by atoms with Crippen molar-refractivity contribution in [2.45, 2.75) is 19.9 Å². The van der Waals surface area contributed by atoms with Crippen LogP contribution in [0.5, 0.6) is 5.75 Å². The third-order valence-electron chi connectivity index (χ3n) is 2.67. The second kappa shape index (κ2) is 7.63. The molecule has 0 aromatic heterocycles. The molecule has 1 amide bonds. The Balaban J connectivity index is 2.44. The molecule has 5 heteroatoms. The molecular formula is C14H22N2O3. The molecule has 0 aliphatic heterocycles. The number of amides is 1. The number of carbonyl (C=O) groups is 1. The Hall–Kier alpha value is -1.75. The summed E-state index contributed by atoms with van der Waals surface area (Å²) in [5.41, 5.74) is 1.92. The highest BCUT2D eigenvalue weighted by Crippen LogP contribution is 2.21. The number of benzene rings is 1. The quantitative estimate of drug-likeness (QED) is 0.786. The van der Waals surface area contributed by atoms with Gasteiger partial charge in [-0.05, 0) is 37.6 Å². The first-order valence-electron chi connectivity index (χ1n) is 6.23. The standard InChI is InChI=1S/C14H22N2O3/c1-10-7-12(5-6-13(10)19-4)15-8-14(17)16-11(2)9-18-3/h5-7,11,15H,8-9H2,1-4H3,(H,16,17). The van der Waals surface area contributed by atoms with E-state index in [1.54, 1.807) is 14.2 Å². The Morgan fingerprint density at radius 2 is 2.11 bits per heavy atom. The van der Waals surface area contributed by atoms with Crippen LogP contribution in [0.4, 0.5) is 5.69 Å². The Bertz CT molecular complexity index is 421. The predicted molar refractivity (Wildman–Crippen MR) is 75.7 cm³/mol. The molecule has 0 aliphatic rings. The molecule has 0 radical (unpaired) electrons. The van der Waals surface area contributed by atoms with Gasteiger partial charge in [-0.15, -0.1) is 0 Å². The average molecular weight is 266 g/mol. The van der Waals surface area contributed by atoms with Gasteiger partial charge in [0.15, 0.2) is 0 Å². The minimum atomic E-state index is -0.0574. The summed E-state index contributed by atoms with van der Waals surface area (Å²) in [6, 6.07) is 5.72. The van der Waals surface area contributed by atoms with Gasteiger partial charge >= 0.3 is 0 Å². The van der Waals surface area contributed by atoms with E-state index in [1.807, 2.05) is 32.0 Å². The molecule has 0 bridgehead atoms. The molecule has 0 spiro atoms. The van der Waals surface area contributed by atoms with Gasteiger partial charge < -0.3 is 20.1 Å². The number of ether oxygens (including phenoxy) is 2. The van der Waals surface area contributed by atoms with Crippen LogP contribution < -0.4 is 15.4 Å². The normalized spacial score (nSPS) is 11.8. The number of aryl methyl sites for hydroxylation is 1. The lowest BCUT2D eigenvalue weighted by Gasteiger charge is -2.14. The maximum atomic E-state index is 11.7. The molecule has 0 fully saturated rings. The number of carbonyl (C=O) groups excluding carboxylic acids is 1.